The molecule has 0 saturated carbocycles. The maximum atomic E-state index is 8.85. The molecule has 1 heterocycles. The first-order chi connectivity index (χ1) is 6.77. The van der Waals surface area contributed by atoms with Crippen molar-refractivity contribution in [1.82, 2.24) is 9.36 Å². The quantitative estimate of drug-likeness (QED) is 0.673. The molecule has 1 aromatic heterocycles. The maximum absolute atomic E-state index is 8.85. The number of aromatic nitrogens is 2. The number of aliphatic hydroxyl groups excluding tert-OH is 1. The fraction of sp³-hybridized carbons (Fsp3) is 0.714. The summed E-state index contributed by atoms with van der Waals surface area (Å²) in [7, 11) is 1.63. The van der Waals surface area contributed by atoms with Crippen molar-refractivity contribution in [2.75, 3.05) is 44.0 Å². The smallest absolute Gasteiger partial charge is 0.233 e. The van der Waals surface area contributed by atoms with Gasteiger partial charge in [-0.1, -0.05) is 0 Å². The van der Waals surface area contributed by atoms with Crippen LogP contribution in [-0.4, -0.2) is 47.9 Å². The largest absolute Gasteiger partial charge is 0.395 e. The van der Waals surface area contributed by atoms with E-state index in [2.05, 4.69) is 9.36 Å². The fourth-order valence-corrected chi connectivity index (χ4v) is 1.63. The van der Waals surface area contributed by atoms with Crippen LogP contribution in [0.1, 0.15) is 0 Å². The van der Waals surface area contributed by atoms with Gasteiger partial charge in [0.1, 0.15) is 0 Å². The molecular formula is C7H14N4O2S. The van der Waals surface area contributed by atoms with Crippen LogP contribution in [0.5, 0.6) is 0 Å². The van der Waals surface area contributed by atoms with Crippen molar-refractivity contribution >= 4 is 22.6 Å². The highest BCUT2D eigenvalue weighted by atomic mass is 32.1. The van der Waals surface area contributed by atoms with Crippen LogP contribution >= 0.6 is 11.5 Å². The molecule has 80 valence electrons. The standard InChI is InChI=1S/C7H14N4O2S/c1-13-5-3-11(2-4-12)7-9-6(8)10-14-7/h12H,2-5H2,1H3,(H2,8,10). The molecule has 0 fully saturated rings. The molecule has 0 aromatic carbocycles. The topological polar surface area (TPSA) is 84.5 Å². The van der Waals surface area contributed by atoms with Gasteiger partial charge in [-0.3, -0.25) is 0 Å². The summed E-state index contributed by atoms with van der Waals surface area (Å²) in [5, 5.41) is 9.56. The van der Waals surface area contributed by atoms with Crippen molar-refractivity contribution in [3.05, 3.63) is 0 Å². The molecule has 3 N–H and O–H groups in total. The molecule has 14 heavy (non-hydrogen) atoms. The number of ether oxygens (including phenoxy) is 1. The summed E-state index contributed by atoms with van der Waals surface area (Å²) >= 11 is 1.22. The van der Waals surface area contributed by atoms with Crippen LogP contribution in [0.2, 0.25) is 0 Å². The average Bonchev–Trinajstić information content (AvgIpc) is 2.59. The molecule has 1 rings (SSSR count). The minimum atomic E-state index is 0.0726. The van der Waals surface area contributed by atoms with Gasteiger partial charge in [0.2, 0.25) is 11.1 Å². The van der Waals surface area contributed by atoms with Crippen LogP contribution in [0.4, 0.5) is 11.1 Å². The Bertz CT molecular complexity index is 268. The first kappa shape index (κ1) is 11.2. The molecule has 7 heteroatoms. The van der Waals surface area contributed by atoms with Crippen molar-refractivity contribution in [2.24, 2.45) is 0 Å². The van der Waals surface area contributed by atoms with Gasteiger partial charge in [-0.2, -0.15) is 9.36 Å². The molecule has 0 aliphatic heterocycles. The van der Waals surface area contributed by atoms with E-state index in [1.807, 2.05) is 4.90 Å². The SMILES string of the molecule is COCCN(CCO)c1nc(N)ns1. The second kappa shape index (κ2) is 5.74. The molecule has 0 aliphatic rings. The summed E-state index contributed by atoms with van der Waals surface area (Å²) in [6, 6.07) is 0. The summed E-state index contributed by atoms with van der Waals surface area (Å²) in [6.45, 7) is 1.84. The van der Waals surface area contributed by atoms with E-state index in [9.17, 15) is 0 Å². The number of aliphatic hydroxyl groups is 1. The molecular weight excluding hydrogens is 204 g/mol. The van der Waals surface area contributed by atoms with Gasteiger partial charge in [0.05, 0.1) is 13.2 Å². The molecule has 0 amide bonds. The van der Waals surface area contributed by atoms with Gasteiger partial charge in [-0.15, -0.1) is 0 Å². The van der Waals surface area contributed by atoms with E-state index in [-0.39, 0.29) is 12.6 Å². The van der Waals surface area contributed by atoms with Gasteiger partial charge in [0.25, 0.3) is 0 Å². The number of nitrogens with two attached hydrogens (primary N) is 1. The Morgan fingerprint density at radius 3 is 2.86 bits per heavy atom. The lowest BCUT2D eigenvalue weighted by atomic mass is 10.5. The molecule has 0 saturated heterocycles. The summed E-state index contributed by atoms with van der Waals surface area (Å²) < 4.78 is 8.82. The van der Waals surface area contributed by atoms with Gasteiger partial charge in [-0.05, 0) is 0 Å². The number of rotatable bonds is 6. The molecule has 1 aromatic rings. The minimum Gasteiger partial charge on any atom is -0.395 e. The fourth-order valence-electron chi connectivity index (χ4n) is 0.980. The van der Waals surface area contributed by atoms with Crippen molar-refractivity contribution in [2.45, 2.75) is 0 Å². The number of hydrogen-bond donors (Lipinski definition) is 2. The van der Waals surface area contributed by atoms with Crippen LogP contribution in [0.3, 0.4) is 0 Å². The molecule has 0 aliphatic carbocycles. The Labute approximate surface area is 86.5 Å². The molecule has 0 bridgehead atoms. The van der Waals surface area contributed by atoms with E-state index < -0.39 is 0 Å². The van der Waals surface area contributed by atoms with Crippen molar-refractivity contribution < 1.29 is 9.84 Å². The molecule has 0 unspecified atom stereocenters. The normalized spacial score (nSPS) is 10.4. The highest BCUT2D eigenvalue weighted by molar-refractivity contribution is 7.09. The minimum absolute atomic E-state index is 0.0726. The third kappa shape index (κ3) is 3.09. The zero-order valence-corrected chi connectivity index (χ0v) is 8.83. The van der Waals surface area contributed by atoms with E-state index in [4.69, 9.17) is 15.6 Å². The lowest BCUT2D eigenvalue weighted by molar-refractivity contribution is 0.203. The van der Waals surface area contributed by atoms with E-state index >= 15 is 0 Å². The number of hydrogen-bond acceptors (Lipinski definition) is 7. The van der Waals surface area contributed by atoms with Crippen LogP contribution in [-0.2, 0) is 4.74 Å². The Balaban J connectivity index is 2.57. The van der Waals surface area contributed by atoms with Gasteiger partial charge in [0, 0.05) is 31.7 Å². The van der Waals surface area contributed by atoms with Crippen LogP contribution < -0.4 is 10.6 Å². The highest BCUT2D eigenvalue weighted by Gasteiger charge is 2.10. The number of nitrogens with zero attached hydrogens (tertiary/aromatic N) is 3. The second-order valence-corrected chi connectivity index (χ2v) is 3.37. The third-order valence-corrected chi connectivity index (χ3v) is 2.43. The Kier molecular flexibility index (Phi) is 4.57. The van der Waals surface area contributed by atoms with E-state index in [1.165, 1.54) is 11.5 Å². The second-order valence-electron chi connectivity index (χ2n) is 2.64. The monoisotopic (exact) mass is 218 g/mol. The maximum Gasteiger partial charge on any atom is 0.233 e. The summed E-state index contributed by atoms with van der Waals surface area (Å²) in [5.41, 5.74) is 5.41. The lowest BCUT2D eigenvalue weighted by Gasteiger charge is -2.19. The first-order valence-corrected chi connectivity index (χ1v) is 4.99. The summed E-state index contributed by atoms with van der Waals surface area (Å²) in [6.07, 6.45) is 0. The predicted octanol–water partition coefficient (Wildman–Crippen LogP) is -0.435. The molecule has 0 radical (unpaired) electrons. The third-order valence-electron chi connectivity index (χ3n) is 1.64. The van der Waals surface area contributed by atoms with Crippen LogP contribution in [0.25, 0.3) is 0 Å². The zero-order chi connectivity index (χ0) is 10.4. The average molecular weight is 218 g/mol. The van der Waals surface area contributed by atoms with E-state index in [0.717, 1.165) is 0 Å². The van der Waals surface area contributed by atoms with Crippen molar-refractivity contribution in [3.63, 3.8) is 0 Å². The Morgan fingerprint density at radius 2 is 2.36 bits per heavy atom. The number of nitrogen functional groups attached to an aromatic ring is 1. The summed E-state index contributed by atoms with van der Waals surface area (Å²) in [5.74, 6) is 0.269. The molecule has 0 atom stereocenters. The summed E-state index contributed by atoms with van der Waals surface area (Å²) in [4.78, 5) is 5.91. The van der Waals surface area contributed by atoms with Gasteiger partial charge >= 0.3 is 0 Å². The van der Waals surface area contributed by atoms with Crippen LogP contribution in [0.15, 0.2) is 0 Å². The van der Waals surface area contributed by atoms with Crippen LogP contribution in [0, 0.1) is 0 Å². The van der Waals surface area contributed by atoms with Crippen molar-refractivity contribution in [1.29, 1.82) is 0 Å². The number of methoxy groups -OCH3 is 1. The zero-order valence-electron chi connectivity index (χ0n) is 8.01. The van der Waals surface area contributed by atoms with Gasteiger partial charge < -0.3 is 20.5 Å². The predicted molar refractivity (Wildman–Crippen MR) is 55.5 cm³/mol. The van der Waals surface area contributed by atoms with Gasteiger partial charge in [0.15, 0.2) is 0 Å². The molecule has 6 nitrogen and oxygen atoms in total. The first-order valence-electron chi connectivity index (χ1n) is 4.22. The lowest BCUT2D eigenvalue weighted by Crippen LogP contribution is -2.30. The highest BCUT2D eigenvalue weighted by Crippen LogP contribution is 2.17. The van der Waals surface area contributed by atoms with E-state index in [1.54, 1.807) is 7.11 Å². The Morgan fingerprint density at radius 1 is 1.57 bits per heavy atom. The van der Waals surface area contributed by atoms with Gasteiger partial charge in [-0.25, -0.2) is 0 Å². The number of anilines is 2. The van der Waals surface area contributed by atoms with Crippen molar-refractivity contribution in [3.8, 4) is 0 Å². The Hall–Kier alpha value is -0.920. The van der Waals surface area contributed by atoms with E-state index in [0.29, 0.717) is 24.8 Å². The molecule has 0 spiro atoms.